The van der Waals surface area contributed by atoms with Crippen molar-refractivity contribution in [3.63, 3.8) is 0 Å². The highest BCUT2D eigenvalue weighted by molar-refractivity contribution is 9.10. The van der Waals surface area contributed by atoms with E-state index >= 15 is 0 Å². The normalized spacial score (nSPS) is 10.1. The van der Waals surface area contributed by atoms with Gasteiger partial charge in [-0.1, -0.05) is 22.0 Å². The molecular weight excluding hydrogens is 294 g/mol. The average Bonchev–Trinajstić information content (AvgIpc) is 2.28. The zero-order valence-electron chi connectivity index (χ0n) is 9.81. The predicted molar refractivity (Wildman–Crippen MR) is 75.1 cm³/mol. The summed E-state index contributed by atoms with van der Waals surface area (Å²) in [6.45, 7) is 1.49. The molecule has 0 aromatic heterocycles. The van der Waals surface area contributed by atoms with Crippen LogP contribution in [0, 0.1) is 0 Å². The van der Waals surface area contributed by atoms with Gasteiger partial charge in [0.15, 0.2) is 5.78 Å². The second kappa shape index (κ2) is 5.23. The summed E-state index contributed by atoms with van der Waals surface area (Å²) in [7, 11) is 0. The number of nitrogens with two attached hydrogens (primary N) is 1. The zero-order valence-corrected chi connectivity index (χ0v) is 11.4. The van der Waals surface area contributed by atoms with Crippen molar-refractivity contribution in [2.45, 2.75) is 6.92 Å². The second-order valence-corrected chi connectivity index (χ2v) is 4.78. The van der Waals surface area contributed by atoms with Crippen molar-refractivity contribution >= 4 is 27.4 Å². The number of carbonyl (C=O) groups excluding carboxylic acids is 1. The summed E-state index contributed by atoms with van der Waals surface area (Å²) in [6, 6.07) is 12.6. The van der Waals surface area contributed by atoms with E-state index < -0.39 is 0 Å². The third-order valence-electron chi connectivity index (χ3n) is 2.43. The van der Waals surface area contributed by atoms with Crippen LogP contribution in [0.5, 0.6) is 11.5 Å². The van der Waals surface area contributed by atoms with Crippen molar-refractivity contribution in [2.75, 3.05) is 5.73 Å². The number of ether oxygens (including phenoxy) is 1. The van der Waals surface area contributed by atoms with Crippen molar-refractivity contribution in [1.29, 1.82) is 0 Å². The Balaban J connectivity index is 2.25. The van der Waals surface area contributed by atoms with Gasteiger partial charge in [-0.2, -0.15) is 0 Å². The van der Waals surface area contributed by atoms with Crippen molar-refractivity contribution in [2.24, 2.45) is 0 Å². The minimum Gasteiger partial charge on any atom is -0.457 e. The molecule has 0 heterocycles. The number of hydrogen-bond donors (Lipinski definition) is 1. The summed E-state index contributed by atoms with van der Waals surface area (Å²) >= 11 is 3.37. The van der Waals surface area contributed by atoms with Crippen molar-refractivity contribution in [3.8, 4) is 11.5 Å². The molecule has 0 aliphatic carbocycles. The molecule has 0 aliphatic rings. The molecule has 0 unspecified atom stereocenters. The van der Waals surface area contributed by atoms with E-state index in [1.54, 1.807) is 18.2 Å². The van der Waals surface area contributed by atoms with Crippen LogP contribution in [-0.2, 0) is 0 Å². The maximum absolute atomic E-state index is 11.3. The van der Waals surface area contributed by atoms with Gasteiger partial charge in [-0.05, 0) is 37.3 Å². The molecule has 0 spiro atoms. The topological polar surface area (TPSA) is 52.3 Å². The molecule has 0 saturated heterocycles. The molecule has 2 aromatic rings. The number of anilines is 1. The van der Waals surface area contributed by atoms with Crippen LogP contribution < -0.4 is 10.5 Å². The van der Waals surface area contributed by atoms with Gasteiger partial charge in [0, 0.05) is 21.8 Å². The molecule has 18 heavy (non-hydrogen) atoms. The lowest BCUT2D eigenvalue weighted by Crippen LogP contribution is -1.99. The van der Waals surface area contributed by atoms with Crippen LogP contribution in [0.3, 0.4) is 0 Å². The van der Waals surface area contributed by atoms with E-state index in [0.29, 0.717) is 22.7 Å². The summed E-state index contributed by atoms with van der Waals surface area (Å²) in [5.74, 6) is 1.26. The van der Waals surface area contributed by atoms with E-state index in [1.807, 2.05) is 24.3 Å². The maximum Gasteiger partial charge on any atom is 0.161 e. The number of carbonyl (C=O) groups is 1. The Morgan fingerprint density at radius 3 is 2.50 bits per heavy atom. The Labute approximate surface area is 114 Å². The van der Waals surface area contributed by atoms with Gasteiger partial charge in [0.1, 0.15) is 11.5 Å². The van der Waals surface area contributed by atoms with E-state index in [-0.39, 0.29) is 5.78 Å². The van der Waals surface area contributed by atoms with Crippen LogP contribution >= 0.6 is 15.9 Å². The number of ketones is 1. The number of benzene rings is 2. The fourth-order valence-corrected chi connectivity index (χ4v) is 1.97. The number of rotatable bonds is 3. The molecule has 2 rings (SSSR count). The number of hydrogen-bond acceptors (Lipinski definition) is 3. The molecule has 4 heteroatoms. The van der Waals surface area contributed by atoms with E-state index in [1.165, 1.54) is 6.92 Å². The lowest BCUT2D eigenvalue weighted by Gasteiger charge is -2.08. The van der Waals surface area contributed by atoms with Gasteiger partial charge >= 0.3 is 0 Å². The quantitative estimate of drug-likeness (QED) is 0.688. The Hall–Kier alpha value is -1.81. The van der Waals surface area contributed by atoms with Gasteiger partial charge in [0.05, 0.1) is 0 Å². The van der Waals surface area contributed by atoms with Crippen LogP contribution in [-0.4, -0.2) is 5.78 Å². The minimum atomic E-state index is -0.0542. The Morgan fingerprint density at radius 2 is 1.89 bits per heavy atom. The molecule has 0 aliphatic heterocycles. The highest BCUT2D eigenvalue weighted by Gasteiger charge is 2.06. The van der Waals surface area contributed by atoms with Gasteiger partial charge in [0.25, 0.3) is 0 Å². The first kappa shape index (κ1) is 12.6. The summed E-state index contributed by atoms with van der Waals surface area (Å²) in [5, 5.41) is 0. The Bertz CT molecular complexity index is 596. The Morgan fingerprint density at radius 1 is 1.17 bits per heavy atom. The second-order valence-electron chi connectivity index (χ2n) is 3.86. The maximum atomic E-state index is 11.3. The number of halogens is 1. The van der Waals surface area contributed by atoms with Gasteiger partial charge < -0.3 is 10.5 Å². The first-order valence-electron chi connectivity index (χ1n) is 5.40. The van der Waals surface area contributed by atoms with Crippen LogP contribution in [0.2, 0.25) is 0 Å². The third kappa shape index (κ3) is 2.90. The van der Waals surface area contributed by atoms with E-state index in [4.69, 9.17) is 10.5 Å². The van der Waals surface area contributed by atoms with Gasteiger partial charge in [-0.15, -0.1) is 0 Å². The standard InChI is InChI=1S/C14H12BrNO2/c1-9(17)13-6-5-12(8-14(13)16)18-11-4-2-3-10(15)7-11/h2-8H,16H2,1H3. The zero-order chi connectivity index (χ0) is 13.1. The first-order valence-corrected chi connectivity index (χ1v) is 6.19. The predicted octanol–water partition coefficient (Wildman–Crippen LogP) is 4.03. The molecule has 0 radical (unpaired) electrons. The van der Waals surface area contributed by atoms with Crippen molar-refractivity contribution in [3.05, 3.63) is 52.5 Å². The SMILES string of the molecule is CC(=O)c1ccc(Oc2cccc(Br)c2)cc1N. The van der Waals surface area contributed by atoms with Crippen molar-refractivity contribution in [1.82, 2.24) is 0 Å². The largest absolute Gasteiger partial charge is 0.457 e. The van der Waals surface area contributed by atoms with Crippen LogP contribution in [0.4, 0.5) is 5.69 Å². The highest BCUT2D eigenvalue weighted by Crippen LogP contribution is 2.27. The molecule has 2 N–H and O–H groups in total. The molecule has 0 fully saturated rings. The van der Waals surface area contributed by atoms with E-state index in [9.17, 15) is 4.79 Å². The smallest absolute Gasteiger partial charge is 0.161 e. The van der Waals surface area contributed by atoms with E-state index in [0.717, 1.165) is 4.47 Å². The van der Waals surface area contributed by atoms with Gasteiger partial charge in [-0.3, -0.25) is 4.79 Å². The van der Waals surface area contributed by atoms with Crippen LogP contribution in [0.25, 0.3) is 0 Å². The molecule has 2 aromatic carbocycles. The monoisotopic (exact) mass is 305 g/mol. The number of nitrogen functional groups attached to an aromatic ring is 1. The molecular formula is C14H12BrNO2. The summed E-state index contributed by atoms with van der Waals surface area (Å²) < 4.78 is 6.59. The molecule has 0 saturated carbocycles. The summed E-state index contributed by atoms with van der Waals surface area (Å²) in [4.78, 5) is 11.3. The Kier molecular flexibility index (Phi) is 3.67. The fraction of sp³-hybridized carbons (Fsp3) is 0.0714. The number of Topliss-reactive ketones (excluding diaryl/α,β-unsaturated/α-hetero) is 1. The van der Waals surface area contributed by atoms with Gasteiger partial charge in [-0.25, -0.2) is 0 Å². The fourth-order valence-electron chi connectivity index (χ4n) is 1.59. The average molecular weight is 306 g/mol. The molecule has 0 atom stereocenters. The van der Waals surface area contributed by atoms with Crippen LogP contribution in [0.15, 0.2) is 46.9 Å². The third-order valence-corrected chi connectivity index (χ3v) is 2.93. The van der Waals surface area contributed by atoms with Gasteiger partial charge in [0.2, 0.25) is 0 Å². The summed E-state index contributed by atoms with van der Waals surface area (Å²) in [6.07, 6.45) is 0. The minimum absolute atomic E-state index is 0.0542. The summed E-state index contributed by atoms with van der Waals surface area (Å²) in [5.41, 5.74) is 6.73. The van der Waals surface area contributed by atoms with Crippen molar-refractivity contribution < 1.29 is 9.53 Å². The van der Waals surface area contributed by atoms with E-state index in [2.05, 4.69) is 15.9 Å². The van der Waals surface area contributed by atoms with Crippen LogP contribution in [0.1, 0.15) is 17.3 Å². The lowest BCUT2D eigenvalue weighted by atomic mass is 10.1. The molecule has 3 nitrogen and oxygen atoms in total. The molecule has 0 bridgehead atoms. The lowest BCUT2D eigenvalue weighted by molar-refractivity contribution is 0.101. The first-order chi connectivity index (χ1) is 8.56. The highest BCUT2D eigenvalue weighted by atomic mass is 79.9. The molecule has 92 valence electrons. The molecule has 0 amide bonds.